The number of fused-ring (bicyclic) bond motifs is 1. The second kappa shape index (κ2) is 7.03. The number of benzene rings is 2. The first kappa shape index (κ1) is 15.8. The van der Waals surface area contributed by atoms with E-state index in [2.05, 4.69) is 44.7 Å². The summed E-state index contributed by atoms with van der Waals surface area (Å²) < 4.78 is 1.79. The molecule has 0 fully saturated rings. The number of hydrogen-bond acceptors (Lipinski definition) is 5. The third kappa shape index (κ3) is 3.37. The van der Waals surface area contributed by atoms with Gasteiger partial charge in [-0.25, -0.2) is 14.6 Å². The summed E-state index contributed by atoms with van der Waals surface area (Å²) in [5.74, 6) is 0.696. The van der Waals surface area contributed by atoms with Gasteiger partial charge in [-0.2, -0.15) is 10.4 Å². The molecular formula is C20H16N6. The summed E-state index contributed by atoms with van der Waals surface area (Å²) in [5.41, 5.74) is 3.72. The zero-order valence-corrected chi connectivity index (χ0v) is 14.0. The fourth-order valence-corrected chi connectivity index (χ4v) is 2.89. The summed E-state index contributed by atoms with van der Waals surface area (Å²) in [4.78, 5) is 8.56. The molecule has 126 valence electrons. The number of nitrogens with zero attached hydrogens (tertiary/aromatic N) is 5. The maximum atomic E-state index is 9.39. The molecule has 0 amide bonds. The molecule has 6 nitrogen and oxygen atoms in total. The monoisotopic (exact) mass is 340 g/mol. The molecule has 0 aliphatic carbocycles. The minimum Gasteiger partial charge on any atom is -0.366 e. The van der Waals surface area contributed by atoms with E-state index in [1.54, 1.807) is 17.1 Å². The van der Waals surface area contributed by atoms with Crippen molar-refractivity contribution in [1.82, 2.24) is 19.7 Å². The summed E-state index contributed by atoms with van der Waals surface area (Å²) >= 11 is 0. The van der Waals surface area contributed by atoms with Crippen molar-refractivity contribution in [2.75, 3.05) is 5.32 Å². The van der Waals surface area contributed by atoms with Crippen LogP contribution >= 0.6 is 0 Å². The van der Waals surface area contributed by atoms with Crippen LogP contribution < -0.4 is 5.32 Å². The van der Waals surface area contributed by atoms with Gasteiger partial charge in [0.05, 0.1) is 23.7 Å². The Morgan fingerprint density at radius 2 is 1.92 bits per heavy atom. The van der Waals surface area contributed by atoms with Crippen molar-refractivity contribution in [2.45, 2.75) is 13.1 Å². The highest BCUT2D eigenvalue weighted by Gasteiger charge is 2.05. The molecule has 2 heterocycles. The fraction of sp³-hybridized carbons (Fsp3) is 0.100. The first-order chi connectivity index (χ1) is 12.8. The van der Waals surface area contributed by atoms with Gasteiger partial charge in [-0.1, -0.05) is 42.5 Å². The molecule has 2 aromatic heterocycles. The van der Waals surface area contributed by atoms with Crippen LogP contribution in [0.1, 0.15) is 16.7 Å². The summed E-state index contributed by atoms with van der Waals surface area (Å²) in [6.45, 7) is 1.31. The van der Waals surface area contributed by atoms with Crippen LogP contribution in [0.4, 0.5) is 5.82 Å². The maximum Gasteiger partial charge on any atom is 0.137 e. The van der Waals surface area contributed by atoms with Gasteiger partial charge in [0.25, 0.3) is 0 Å². The van der Waals surface area contributed by atoms with E-state index in [1.165, 1.54) is 6.33 Å². The topological polar surface area (TPSA) is 79.4 Å². The second-order valence-corrected chi connectivity index (χ2v) is 5.95. The molecule has 0 saturated heterocycles. The number of hydrogen-bond donors (Lipinski definition) is 1. The summed E-state index contributed by atoms with van der Waals surface area (Å²) in [6, 6.07) is 20.0. The Morgan fingerprint density at radius 3 is 2.77 bits per heavy atom. The molecule has 0 unspecified atom stereocenters. The third-order valence-electron chi connectivity index (χ3n) is 4.11. The van der Waals surface area contributed by atoms with E-state index in [0.29, 0.717) is 24.5 Å². The number of pyridine rings is 1. The van der Waals surface area contributed by atoms with E-state index in [9.17, 15) is 5.26 Å². The van der Waals surface area contributed by atoms with Gasteiger partial charge < -0.3 is 5.32 Å². The van der Waals surface area contributed by atoms with E-state index in [0.717, 1.165) is 22.0 Å². The van der Waals surface area contributed by atoms with Gasteiger partial charge in [0.2, 0.25) is 0 Å². The number of para-hydroxylation sites is 1. The Labute approximate surface area is 150 Å². The summed E-state index contributed by atoms with van der Waals surface area (Å²) in [7, 11) is 0. The number of nitriles is 1. The lowest BCUT2D eigenvalue weighted by molar-refractivity contribution is 0.684. The molecule has 0 atom stereocenters. The quantitative estimate of drug-likeness (QED) is 0.602. The molecule has 0 aliphatic heterocycles. The average molecular weight is 340 g/mol. The molecule has 4 aromatic rings. The zero-order valence-electron chi connectivity index (χ0n) is 14.0. The van der Waals surface area contributed by atoms with E-state index in [1.807, 2.05) is 30.3 Å². The van der Waals surface area contributed by atoms with Gasteiger partial charge in [-0.3, -0.25) is 0 Å². The van der Waals surface area contributed by atoms with E-state index < -0.39 is 0 Å². The van der Waals surface area contributed by atoms with Gasteiger partial charge in [0.1, 0.15) is 18.5 Å². The lowest BCUT2D eigenvalue weighted by Crippen LogP contribution is -2.04. The van der Waals surface area contributed by atoms with Crippen LogP contribution in [0.5, 0.6) is 0 Å². The lowest BCUT2D eigenvalue weighted by Gasteiger charge is -2.09. The molecule has 1 N–H and O–H groups in total. The van der Waals surface area contributed by atoms with Gasteiger partial charge in [-0.15, -0.1) is 0 Å². The predicted octanol–water partition coefficient (Wildman–Crippen LogP) is 3.36. The molecule has 0 bridgehead atoms. The van der Waals surface area contributed by atoms with Crippen LogP contribution in [-0.4, -0.2) is 19.7 Å². The Kier molecular flexibility index (Phi) is 4.27. The summed E-state index contributed by atoms with van der Waals surface area (Å²) in [5, 5.41) is 17.7. The molecular weight excluding hydrogens is 324 g/mol. The van der Waals surface area contributed by atoms with Gasteiger partial charge in [0.15, 0.2) is 0 Å². The number of aromatic nitrogens is 4. The first-order valence-corrected chi connectivity index (χ1v) is 8.26. The molecule has 2 aromatic carbocycles. The van der Waals surface area contributed by atoms with E-state index in [4.69, 9.17) is 0 Å². The van der Waals surface area contributed by atoms with Crippen LogP contribution in [0.25, 0.3) is 10.9 Å². The van der Waals surface area contributed by atoms with Gasteiger partial charge in [-0.05, 0) is 23.3 Å². The largest absolute Gasteiger partial charge is 0.366 e. The SMILES string of the molecule is N#Cc1cc(NCc2cccc(Cn3cncn3)c2)nc2ccccc12. The Bertz CT molecular complexity index is 1080. The standard InChI is InChI=1S/C20H16N6/c21-10-17-9-20(25-19-7-2-1-6-18(17)19)23-11-15-4-3-5-16(8-15)12-26-14-22-13-24-26/h1-9,13-14H,11-12H2,(H,23,25). The molecule has 4 rings (SSSR count). The van der Waals surface area contributed by atoms with Crippen LogP contribution in [0, 0.1) is 11.3 Å². The third-order valence-corrected chi connectivity index (χ3v) is 4.11. The predicted molar refractivity (Wildman–Crippen MR) is 99.4 cm³/mol. The molecule has 0 spiro atoms. The van der Waals surface area contributed by atoms with Crippen molar-refractivity contribution < 1.29 is 0 Å². The van der Waals surface area contributed by atoms with Crippen molar-refractivity contribution in [2.24, 2.45) is 0 Å². The Balaban J connectivity index is 1.52. The Hall–Kier alpha value is -3.72. The summed E-state index contributed by atoms with van der Waals surface area (Å²) in [6.07, 6.45) is 3.23. The molecule has 0 radical (unpaired) electrons. The highest BCUT2D eigenvalue weighted by molar-refractivity contribution is 5.86. The average Bonchev–Trinajstić information content (AvgIpc) is 3.19. The maximum absolute atomic E-state index is 9.39. The first-order valence-electron chi connectivity index (χ1n) is 8.26. The highest BCUT2D eigenvalue weighted by Crippen LogP contribution is 2.20. The number of anilines is 1. The minimum absolute atomic E-state index is 0.623. The van der Waals surface area contributed by atoms with Gasteiger partial charge in [0, 0.05) is 11.9 Å². The molecule has 0 saturated carbocycles. The van der Waals surface area contributed by atoms with Crippen LogP contribution in [0.15, 0.2) is 67.3 Å². The van der Waals surface area contributed by atoms with Crippen molar-refractivity contribution in [3.8, 4) is 6.07 Å². The number of nitrogens with one attached hydrogen (secondary N) is 1. The van der Waals surface area contributed by atoms with E-state index in [-0.39, 0.29) is 0 Å². The highest BCUT2D eigenvalue weighted by atomic mass is 15.3. The zero-order chi connectivity index (χ0) is 17.8. The van der Waals surface area contributed by atoms with Gasteiger partial charge >= 0.3 is 0 Å². The molecule has 26 heavy (non-hydrogen) atoms. The molecule has 6 heteroatoms. The van der Waals surface area contributed by atoms with Crippen molar-refractivity contribution in [1.29, 1.82) is 5.26 Å². The normalized spacial score (nSPS) is 10.6. The second-order valence-electron chi connectivity index (χ2n) is 5.95. The smallest absolute Gasteiger partial charge is 0.137 e. The van der Waals surface area contributed by atoms with Crippen molar-refractivity contribution >= 4 is 16.7 Å². The van der Waals surface area contributed by atoms with Crippen LogP contribution in [0.3, 0.4) is 0 Å². The lowest BCUT2D eigenvalue weighted by atomic mass is 10.1. The van der Waals surface area contributed by atoms with Crippen molar-refractivity contribution in [3.05, 3.63) is 83.9 Å². The minimum atomic E-state index is 0.623. The fourth-order valence-electron chi connectivity index (χ4n) is 2.89. The molecule has 0 aliphatic rings. The van der Waals surface area contributed by atoms with Crippen molar-refractivity contribution in [3.63, 3.8) is 0 Å². The van der Waals surface area contributed by atoms with Crippen LogP contribution in [-0.2, 0) is 13.1 Å². The van der Waals surface area contributed by atoms with Crippen LogP contribution in [0.2, 0.25) is 0 Å². The Morgan fingerprint density at radius 1 is 1.04 bits per heavy atom. The van der Waals surface area contributed by atoms with E-state index >= 15 is 0 Å². The number of rotatable bonds is 5.